The Morgan fingerprint density at radius 1 is 1.10 bits per heavy atom. The van der Waals surface area contributed by atoms with Gasteiger partial charge in [-0.3, -0.25) is 0 Å². The molecule has 4 saturated carbocycles. The Morgan fingerprint density at radius 3 is 2.66 bits per heavy atom. The summed E-state index contributed by atoms with van der Waals surface area (Å²) in [6.45, 7) is 4.94. The van der Waals surface area contributed by atoms with Crippen molar-refractivity contribution in [3.8, 4) is 0 Å². The van der Waals surface area contributed by atoms with Gasteiger partial charge in [0, 0.05) is 30.6 Å². The lowest BCUT2D eigenvalue weighted by Gasteiger charge is -2.61. The highest BCUT2D eigenvalue weighted by Crippen LogP contribution is 2.68. The molecule has 1 heterocycles. The fourth-order valence-electron chi connectivity index (χ4n) is 8.26. The van der Waals surface area contributed by atoms with Crippen LogP contribution in [0.5, 0.6) is 0 Å². The molecule has 5 heteroatoms. The molecule has 0 amide bonds. The average Bonchev–Trinajstić information content (AvgIpc) is 3.22. The summed E-state index contributed by atoms with van der Waals surface area (Å²) < 4.78 is 2.05. The topological polar surface area (TPSA) is 58.3 Å². The van der Waals surface area contributed by atoms with E-state index in [9.17, 15) is 10.2 Å². The maximum absolute atomic E-state index is 11.9. The van der Waals surface area contributed by atoms with Gasteiger partial charge in [0.15, 0.2) is 5.16 Å². The second kappa shape index (κ2) is 7.00. The second-order valence-corrected chi connectivity index (χ2v) is 12.2. The SMILES string of the molecule is Cn1ccnc1SC[C@]1(O)CC[C@H]2[C@@H]3CC[C@@H]4C[C@@H](O)CC[C@]4(C)[C@@H]3CC[C@@]21C. The summed E-state index contributed by atoms with van der Waals surface area (Å²) in [7, 11) is 2.03. The number of hydrogen-bond donors (Lipinski definition) is 2. The molecule has 5 rings (SSSR count). The second-order valence-electron chi connectivity index (χ2n) is 11.2. The van der Waals surface area contributed by atoms with Crippen molar-refractivity contribution in [3.63, 3.8) is 0 Å². The molecule has 0 aromatic carbocycles. The van der Waals surface area contributed by atoms with Crippen molar-refractivity contribution in [2.45, 2.75) is 88.5 Å². The maximum atomic E-state index is 11.9. The van der Waals surface area contributed by atoms with Crippen LogP contribution in [-0.4, -0.2) is 37.2 Å². The van der Waals surface area contributed by atoms with E-state index in [1.807, 2.05) is 19.4 Å². The van der Waals surface area contributed by atoms with Crippen molar-refractivity contribution in [3.05, 3.63) is 12.4 Å². The molecule has 0 unspecified atom stereocenters. The van der Waals surface area contributed by atoms with Gasteiger partial charge in [-0.15, -0.1) is 0 Å². The molecule has 4 aliphatic rings. The van der Waals surface area contributed by atoms with Crippen molar-refractivity contribution in [2.24, 2.45) is 41.5 Å². The smallest absolute Gasteiger partial charge is 0.167 e. The Hall–Kier alpha value is -0.520. The largest absolute Gasteiger partial charge is 0.393 e. The zero-order chi connectivity index (χ0) is 20.4. The third-order valence-electron chi connectivity index (χ3n) is 10.2. The number of rotatable bonds is 3. The van der Waals surface area contributed by atoms with Crippen LogP contribution < -0.4 is 0 Å². The van der Waals surface area contributed by atoms with Crippen LogP contribution in [0.3, 0.4) is 0 Å². The minimum atomic E-state index is -0.584. The maximum Gasteiger partial charge on any atom is 0.167 e. The number of aryl methyl sites for hydroxylation is 1. The van der Waals surface area contributed by atoms with Crippen LogP contribution in [0.2, 0.25) is 0 Å². The summed E-state index contributed by atoms with van der Waals surface area (Å²) in [5.74, 6) is 3.66. The molecule has 4 aliphatic carbocycles. The lowest BCUT2D eigenvalue weighted by molar-refractivity contribution is -0.152. The Kier molecular flexibility index (Phi) is 4.92. The van der Waals surface area contributed by atoms with Gasteiger partial charge in [0.2, 0.25) is 0 Å². The monoisotopic (exact) mass is 418 g/mol. The molecule has 0 bridgehead atoms. The molecule has 1 aromatic rings. The number of thioether (sulfide) groups is 1. The standard InChI is InChI=1S/C24H38N2O2S/c1-22-9-6-17(27)14-16(22)4-5-18-19(22)7-10-23(2)20(18)8-11-24(23,28)15-29-21-25-12-13-26(21)3/h12-13,16-20,27-28H,4-11,14-15H2,1-3H3/t16-,17+,18-,19-,20+,22+,23+,24-/m1/s1. The number of hydrogen-bond acceptors (Lipinski definition) is 4. The summed E-state index contributed by atoms with van der Waals surface area (Å²) in [4.78, 5) is 4.45. The number of aliphatic hydroxyl groups is 2. The van der Waals surface area contributed by atoms with Crippen LogP contribution in [0.4, 0.5) is 0 Å². The van der Waals surface area contributed by atoms with E-state index < -0.39 is 5.60 Å². The van der Waals surface area contributed by atoms with Gasteiger partial charge in [0.1, 0.15) is 0 Å². The van der Waals surface area contributed by atoms with Crippen molar-refractivity contribution < 1.29 is 10.2 Å². The minimum absolute atomic E-state index is 0.0315. The molecule has 2 N–H and O–H groups in total. The Bertz CT molecular complexity index is 768. The highest BCUT2D eigenvalue weighted by Gasteiger charge is 2.64. The predicted molar refractivity (Wildman–Crippen MR) is 117 cm³/mol. The van der Waals surface area contributed by atoms with Crippen LogP contribution >= 0.6 is 11.8 Å². The first kappa shape index (κ1) is 20.4. The first-order chi connectivity index (χ1) is 13.8. The fourth-order valence-corrected chi connectivity index (χ4v) is 9.50. The zero-order valence-corrected chi connectivity index (χ0v) is 19.1. The quantitative estimate of drug-likeness (QED) is 0.702. The van der Waals surface area contributed by atoms with E-state index in [0.717, 1.165) is 48.4 Å². The Morgan fingerprint density at radius 2 is 1.90 bits per heavy atom. The third-order valence-corrected chi connectivity index (χ3v) is 11.5. The van der Waals surface area contributed by atoms with E-state index in [0.29, 0.717) is 17.3 Å². The molecule has 29 heavy (non-hydrogen) atoms. The van der Waals surface area contributed by atoms with E-state index in [1.165, 1.54) is 32.1 Å². The van der Waals surface area contributed by atoms with Crippen LogP contribution in [-0.2, 0) is 7.05 Å². The van der Waals surface area contributed by atoms with Gasteiger partial charge < -0.3 is 14.8 Å². The summed E-state index contributed by atoms with van der Waals surface area (Å²) in [6, 6.07) is 0. The van der Waals surface area contributed by atoms with Crippen LogP contribution in [0.1, 0.15) is 71.6 Å². The third kappa shape index (κ3) is 2.97. The van der Waals surface area contributed by atoms with Crippen LogP contribution in [0.25, 0.3) is 0 Å². The minimum Gasteiger partial charge on any atom is -0.393 e. The van der Waals surface area contributed by atoms with Gasteiger partial charge in [-0.05, 0) is 86.9 Å². The molecule has 162 valence electrons. The number of aromatic nitrogens is 2. The van der Waals surface area contributed by atoms with E-state index in [1.54, 1.807) is 11.8 Å². The van der Waals surface area contributed by atoms with Gasteiger partial charge in [-0.2, -0.15) is 0 Å². The number of nitrogens with zero attached hydrogens (tertiary/aromatic N) is 2. The van der Waals surface area contributed by atoms with Crippen LogP contribution in [0.15, 0.2) is 17.6 Å². The van der Waals surface area contributed by atoms with E-state index in [2.05, 4.69) is 23.4 Å². The summed E-state index contributed by atoms with van der Waals surface area (Å²) in [6.07, 6.45) is 14.1. The van der Waals surface area contributed by atoms with Crippen molar-refractivity contribution >= 4 is 11.8 Å². The summed E-state index contributed by atoms with van der Waals surface area (Å²) in [5, 5.41) is 23.1. The predicted octanol–water partition coefficient (Wildman–Crippen LogP) is 4.65. The molecule has 4 fully saturated rings. The normalized spacial score (nSPS) is 49.3. The van der Waals surface area contributed by atoms with Crippen molar-refractivity contribution in [1.82, 2.24) is 9.55 Å². The summed E-state index contributed by atoms with van der Waals surface area (Å²) in [5.41, 5.74) is -0.143. The zero-order valence-electron chi connectivity index (χ0n) is 18.3. The first-order valence-electron chi connectivity index (χ1n) is 11.8. The summed E-state index contributed by atoms with van der Waals surface area (Å²) >= 11 is 1.73. The van der Waals surface area contributed by atoms with Crippen molar-refractivity contribution in [1.29, 1.82) is 0 Å². The molecular weight excluding hydrogens is 380 g/mol. The highest BCUT2D eigenvalue weighted by molar-refractivity contribution is 7.99. The van der Waals surface area contributed by atoms with Crippen molar-refractivity contribution in [2.75, 3.05) is 5.75 Å². The van der Waals surface area contributed by atoms with Gasteiger partial charge >= 0.3 is 0 Å². The molecule has 0 spiro atoms. The molecule has 1 aromatic heterocycles. The van der Waals surface area contributed by atoms with E-state index in [-0.39, 0.29) is 11.5 Å². The van der Waals surface area contributed by atoms with E-state index in [4.69, 9.17) is 0 Å². The molecule has 0 aliphatic heterocycles. The van der Waals surface area contributed by atoms with Gasteiger partial charge in [0.25, 0.3) is 0 Å². The number of fused-ring (bicyclic) bond motifs is 5. The molecule has 0 radical (unpaired) electrons. The lowest BCUT2D eigenvalue weighted by Crippen LogP contribution is -2.57. The van der Waals surface area contributed by atoms with Crippen LogP contribution in [0, 0.1) is 34.5 Å². The number of aliphatic hydroxyl groups excluding tert-OH is 1. The molecule has 8 atom stereocenters. The van der Waals surface area contributed by atoms with Gasteiger partial charge in [-0.1, -0.05) is 25.6 Å². The lowest BCUT2D eigenvalue weighted by atomic mass is 9.44. The molecular formula is C24H38N2O2S. The highest BCUT2D eigenvalue weighted by atomic mass is 32.2. The average molecular weight is 419 g/mol. The van der Waals surface area contributed by atoms with Gasteiger partial charge in [0.05, 0.1) is 11.7 Å². The molecule has 4 nitrogen and oxygen atoms in total. The molecule has 0 saturated heterocycles. The van der Waals surface area contributed by atoms with Gasteiger partial charge in [-0.25, -0.2) is 4.98 Å². The fraction of sp³-hybridized carbons (Fsp3) is 0.875. The number of imidazole rings is 1. The van der Waals surface area contributed by atoms with E-state index >= 15 is 0 Å². The first-order valence-corrected chi connectivity index (χ1v) is 12.8. The Balaban J connectivity index is 1.36. The Labute approximate surface area is 179 Å².